The molecule has 2 aromatic heterocycles. The number of hydrogen-bond donors (Lipinski definition) is 0. The molecule has 2 atom stereocenters. The van der Waals surface area contributed by atoms with Crippen LogP contribution >= 0.6 is 0 Å². The average Bonchev–Trinajstić information content (AvgIpc) is 3.25. The molecule has 148 valence electrons. The van der Waals surface area contributed by atoms with E-state index in [0.29, 0.717) is 37.7 Å². The van der Waals surface area contributed by atoms with Crippen molar-refractivity contribution in [2.45, 2.75) is 25.4 Å². The standard InChI is InChI=1S/C21H25N3O4/c25-20(17-3-6-28-14-17)23-10-15-9-18(13-23)19-2-1-16(21(26)24(19)11-15)12-22-4-7-27-8-5-22/h1-3,6,14-15,18H,4-5,7-13H2/t15-,18+/m0/s1. The monoisotopic (exact) mass is 383 g/mol. The number of likely N-dealkylation sites (tertiary alicyclic amines) is 1. The summed E-state index contributed by atoms with van der Waals surface area (Å²) in [4.78, 5) is 30.1. The summed E-state index contributed by atoms with van der Waals surface area (Å²) < 4.78 is 12.4. The molecule has 1 amide bonds. The molecule has 5 heterocycles. The number of nitrogens with zero attached hydrogens (tertiary/aromatic N) is 3. The predicted octanol–water partition coefficient (Wildman–Crippen LogP) is 1.53. The third kappa shape index (κ3) is 3.18. The average molecular weight is 383 g/mol. The van der Waals surface area contributed by atoms with Gasteiger partial charge in [-0.3, -0.25) is 14.5 Å². The summed E-state index contributed by atoms with van der Waals surface area (Å²) in [5.74, 6) is 0.551. The fraction of sp³-hybridized carbons (Fsp3) is 0.524. The van der Waals surface area contributed by atoms with Crippen molar-refractivity contribution in [1.29, 1.82) is 0 Å². The number of amides is 1. The Balaban J connectivity index is 1.38. The van der Waals surface area contributed by atoms with E-state index in [1.165, 1.54) is 12.5 Å². The second-order valence-electron chi connectivity index (χ2n) is 8.11. The van der Waals surface area contributed by atoms with Gasteiger partial charge in [-0.15, -0.1) is 0 Å². The van der Waals surface area contributed by atoms with Gasteiger partial charge < -0.3 is 18.6 Å². The lowest BCUT2D eigenvalue weighted by Gasteiger charge is -2.43. The summed E-state index contributed by atoms with van der Waals surface area (Å²) in [6, 6.07) is 5.80. The van der Waals surface area contributed by atoms with Crippen molar-refractivity contribution in [3.63, 3.8) is 0 Å². The van der Waals surface area contributed by atoms with E-state index >= 15 is 0 Å². The zero-order chi connectivity index (χ0) is 19.1. The second kappa shape index (κ2) is 7.22. The number of ether oxygens (including phenoxy) is 1. The van der Waals surface area contributed by atoms with Gasteiger partial charge in [0.25, 0.3) is 11.5 Å². The van der Waals surface area contributed by atoms with Crippen LogP contribution in [0.15, 0.2) is 39.9 Å². The summed E-state index contributed by atoms with van der Waals surface area (Å²) in [7, 11) is 0. The largest absolute Gasteiger partial charge is 0.472 e. The van der Waals surface area contributed by atoms with E-state index < -0.39 is 0 Å². The van der Waals surface area contributed by atoms with Gasteiger partial charge in [0.05, 0.1) is 25.0 Å². The summed E-state index contributed by atoms with van der Waals surface area (Å²) >= 11 is 0. The molecule has 0 N–H and O–H groups in total. The molecule has 2 bridgehead atoms. The Labute approximate surface area is 163 Å². The molecular formula is C21H25N3O4. The number of pyridine rings is 1. The van der Waals surface area contributed by atoms with Crippen molar-refractivity contribution in [3.8, 4) is 0 Å². The lowest BCUT2D eigenvalue weighted by Crippen LogP contribution is -2.49. The van der Waals surface area contributed by atoms with E-state index in [-0.39, 0.29) is 17.4 Å². The Hall–Kier alpha value is -2.38. The molecule has 7 nitrogen and oxygen atoms in total. The van der Waals surface area contributed by atoms with Crippen molar-refractivity contribution < 1.29 is 13.9 Å². The van der Waals surface area contributed by atoms with Gasteiger partial charge in [0.15, 0.2) is 0 Å². The molecular weight excluding hydrogens is 358 g/mol. The lowest BCUT2D eigenvalue weighted by atomic mass is 9.82. The molecule has 3 aliphatic rings. The van der Waals surface area contributed by atoms with Crippen molar-refractivity contribution in [1.82, 2.24) is 14.4 Å². The number of hydrogen-bond acceptors (Lipinski definition) is 5. The zero-order valence-corrected chi connectivity index (χ0v) is 15.9. The second-order valence-corrected chi connectivity index (χ2v) is 8.11. The van der Waals surface area contributed by atoms with Crippen LogP contribution in [-0.4, -0.2) is 59.7 Å². The Morgan fingerprint density at radius 1 is 1.11 bits per heavy atom. The zero-order valence-electron chi connectivity index (χ0n) is 15.9. The highest BCUT2D eigenvalue weighted by molar-refractivity contribution is 5.94. The number of rotatable bonds is 3. The van der Waals surface area contributed by atoms with Gasteiger partial charge in [0, 0.05) is 56.4 Å². The van der Waals surface area contributed by atoms with E-state index in [9.17, 15) is 9.59 Å². The van der Waals surface area contributed by atoms with Gasteiger partial charge in [-0.05, 0) is 24.5 Å². The lowest BCUT2D eigenvalue weighted by molar-refractivity contribution is 0.0338. The molecule has 0 aromatic carbocycles. The highest BCUT2D eigenvalue weighted by Crippen LogP contribution is 2.35. The predicted molar refractivity (Wildman–Crippen MR) is 102 cm³/mol. The third-order valence-corrected chi connectivity index (χ3v) is 6.24. The summed E-state index contributed by atoms with van der Waals surface area (Å²) in [6.45, 7) is 5.94. The van der Waals surface area contributed by atoms with Crippen LogP contribution in [0.4, 0.5) is 0 Å². The van der Waals surface area contributed by atoms with Crippen molar-refractivity contribution in [3.05, 3.63) is 57.9 Å². The smallest absolute Gasteiger partial charge is 0.257 e. The van der Waals surface area contributed by atoms with E-state index in [1.807, 2.05) is 15.5 Å². The number of morpholine rings is 1. The van der Waals surface area contributed by atoms with Crippen molar-refractivity contribution >= 4 is 5.91 Å². The molecule has 28 heavy (non-hydrogen) atoms. The van der Waals surface area contributed by atoms with Crippen molar-refractivity contribution in [2.24, 2.45) is 5.92 Å². The van der Waals surface area contributed by atoms with Gasteiger partial charge in [0.1, 0.15) is 6.26 Å². The Morgan fingerprint density at radius 2 is 1.96 bits per heavy atom. The fourth-order valence-corrected chi connectivity index (χ4v) is 4.85. The minimum atomic E-state index is 0.0168. The number of carbonyl (C=O) groups excluding carboxylic acids is 1. The SMILES string of the molecule is O=C(c1ccoc1)N1C[C@@H]2C[C@H](C1)c1ccc(CN3CCOCC3)c(=O)n1C2. The van der Waals surface area contributed by atoms with Crippen LogP contribution in [0.1, 0.15) is 34.0 Å². The Bertz CT molecular complexity index is 914. The van der Waals surface area contributed by atoms with Crippen molar-refractivity contribution in [2.75, 3.05) is 39.4 Å². The first kappa shape index (κ1) is 17.7. The number of fused-ring (bicyclic) bond motifs is 4. The maximum atomic E-state index is 13.1. The quantitative estimate of drug-likeness (QED) is 0.804. The topological polar surface area (TPSA) is 67.9 Å². The van der Waals surface area contributed by atoms with E-state index in [1.54, 1.807) is 6.07 Å². The van der Waals surface area contributed by atoms with Crippen LogP contribution in [-0.2, 0) is 17.8 Å². The maximum Gasteiger partial charge on any atom is 0.257 e. The van der Waals surface area contributed by atoms with Crippen LogP contribution in [0.25, 0.3) is 0 Å². The summed E-state index contributed by atoms with van der Waals surface area (Å²) in [5.41, 5.74) is 2.65. The van der Waals surface area contributed by atoms with Crippen LogP contribution in [0.2, 0.25) is 0 Å². The molecule has 2 fully saturated rings. The van der Waals surface area contributed by atoms with Crippen LogP contribution < -0.4 is 5.56 Å². The fourth-order valence-electron chi connectivity index (χ4n) is 4.85. The molecule has 2 saturated heterocycles. The summed E-state index contributed by atoms with van der Waals surface area (Å²) in [5, 5.41) is 0. The van der Waals surface area contributed by atoms with Gasteiger partial charge in [-0.2, -0.15) is 0 Å². The molecule has 0 radical (unpaired) electrons. The van der Waals surface area contributed by atoms with Crippen LogP contribution in [0, 0.1) is 5.92 Å². The number of aromatic nitrogens is 1. The highest BCUT2D eigenvalue weighted by Gasteiger charge is 2.37. The Kier molecular flexibility index (Phi) is 4.56. The first-order valence-corrected chi connectivity index (χ1v) is 10.0. The third-order valence-electron chi connectivity index (χ3n) is 6.24. The normalized spacial score (nSPS) is 24.8. The van der Waals surface area contributed by atoms with E-state index in [4.69, 9.17) is 9.15 Å². The first-order chi connectivity index (χ1) is 13.7. The number of carbonyl (C=O) groups is 1. The Morgan fingerprint density at radius 3 is 2.75 bits per heavy atom. The molecule has 2 aromatic rings. The minimum Gasteiger partial charge on any atom is -0.472 e. The molecule has 7 heteroatoms. The molecule has 0 spiro atoms. The number of furan rings is 1. The van der Waals surface area contributed by atoms with Gasteiger partial charge in [0.2, 0.25) is 0 Å². The minimum absolute atomic E-state index is 0.0168. The molecule has 0 unspecified atom stereocenters. The van der Waals surface area contributed by atoms with Crippen LogP contribution in [0.5, 0.6) is 0 Å². The molecule has 5 rings (SSSR count). The summed E-state index contributed by atoms with van der Waals surface area (Å²) in [6.07, 6.45) is 4.07. The molecule has 0 aliphatic carbocycles. The van der Waals surface area contributed by atoms with Crippen LogP contribution in [0.3, 0.4) is 0 Å². The first-order valence-electron chi connectivity index (χ1n) is 10.0. The van der Waals surface area contributed by atoms with Gasteiger partial charge in [-0.1, -0.05) is 6.07 Å². The van der Waals surface area contributed by atoms with Gasteiger partial charge in [-0.25, -0.2) is 0 Å². The van der Waals surface area contributed by atoms with Gasteiger partial charge >= 0.3 is 0 Å². The molecule has 3 aliphatic heterocycles. The number of piperidine rings is 1. The maximum absolute atomic E-state index is 13.1. The van der Waals surface area contributed by atoms with E-state index in [2.05, 4.69) is 11.0 Å². The van der Waals surface area contributed by atoms with E-state index in [0.717, 1.165) is 44.0 Å². The highest BCUT2D eigenvalue weighted by atomic mass is 16.5. The molecule has 0 saturated carbocycles.